The molecule has 0 atom stereocenters. The molecule has 0 aliphatic rings. The molecule has 4 heteroatoms. The second kappa shape index (κ2) is 8.27. The van der Waals surface area contributed by atoms with Crippen LogP contribution in [0, 0.1) is 0 Å². The van der Waals surface area contributed by atoms with Crippen molar-refractivity contribution in [1.82, 2.24) is 0 Å². The standard InChI is InChI=1S/C20H17ClO3/c21-16-6-8-19(9-7-16)24-20-12-10-18(11-13-20)23-15-14-22-17-4-2-1-3-5-17/h1-13H,14-15H2. The molecule has 122 valence electrons. The topological polar surface area (TPSA) is 27.7 Å². The van der Waals surface area contributed by atoms with Gasteiger partial charge in [-0.3, -0.25) is 0 Å². The van der Waals surface area contributed by atoms with Crippen LogP contribution in [0.15, 0.2) is 78.9 Å². The first kappa shape index (κ1) is 16.2. The summed E-state index contributed by atoms with van der Waals surface area (Å²) in [6.07, 6.45) is 0. The molecular formula is C20H17ClO3. The Morgan fingerprint density at radius 2 is 1.00 bits per heavy atom. The van der Waals surface area contributed by atoms with Crippen molar-refractivity contribution in [2.75, 3.05) is 13.2 Å². The lowest BCUT2D eigenvalue weighted by Gasteiger charge is -2.09. The molecule has 0 radical (unpaired) electrons. The van der Waals surface area contributed by atoms with Crippen molar-refractivity contribution >= 4 is 11.6 Å². The highest BCUT2D eigenvalue weighted by atomic mass is 35.5. The molecule has 0 amide bonds. The van der Waals surface area contributed by atoms with Gasteiger partial charge in [-0.15, -0.1) is 0 Å². The first-order chi connectivity index (χ1) is 11.8. The van der Waals surface area contributed by atoms with Crippen molar-refractivity contribution in [2.45, 2.75) is 0 Å². The molecule has 3 aromatic carbocycles. The summed E-state index contributed by atoms with van der Waals surface area (Å²) in [6.45, 7) is 0.972. The maximum Gasteiger partial charge on any atom is 0.127 e. The van der Waals surface area contributed by atoms with E-state index < -0.39 is 0 Å². The molecule has 3 rings (SSSR count). The molecule has 0 saturated heterocycles. The van der Waals surface area contributed by atoms with Gasteiger partial charge in [-0.2, -0.15) is 0 Å². The van der Waals surface area contributed by atoms with Crippen molar-refractivity contribution < 1.29 is 14.2 Å². The van der Waals surface area contributed by atoms with Gasteiger partial charge in [0.2, 0.25) is 0 Å². The van der Waals surface area contributed by atoms with Crippen LogP contribution in [0.25, 0.3) is 0 Å². The fourth-order valence-corrected chi connectivity index (χ4v) is 2.20. The van der Waals surface area contributed by atoms with Crippen LogP contribution < -0.4 is 14.2 Å². The summed E-state index contributed by atoms with van der Waals surface area (Å²) in [5.74, 6) is 3.09. The van der Waals surface area contributed by atoms with Crippen LogP contribution in [0.1, 0.15) is 0 Å². The van der Waals surface area contributed by atoms with Crippen molar-refractivity contribution in [3.8, 4) is 23.0 Å². The molecule has 24 heavy (non-hydrogen) atoms. The summed E-state index contributed by atoms with van der Waals surface area (Å²) in [5.41, 5.74) is 0. The van der Waals surface area contributed by atoms with Gasteiger partial charge in [0.05, 0.1) is 0 Å². The number of halogens is 1. The lowest BCUT2D eigenvalue weighted by atomic mass is 10.3. The molecular weight excluding hydrogens is 324 g/mol. The molecule has 0 heterocycles. The van der Waals surface area contributed by atoms with E-state index in [-0.39, 0.29) is 0 Å². The van der Waals surface area contributed by atoms with Crippen LogP contribution in [0.5, 0.6) is 23.0 Å². The third-order valence-electron chi connectivity index (χ3n) is 3.24. The van der Waals surface area contributed by atoms with Gasteiger partial charge in [0, 0.05) is 5.02 Å². The Kier molecular flexibility index (Phi) is 5.59. The van der Waals surface area contributed by atoms with Crippen LogP contribution >= 0.6 is 11.6 Å². The molecule has 0 bridgehead atoms. The molecule has 0 aromatic heterocycles. The Balaban J connectivity index is 1.45. The second-order valence-electron chi connectivity index (χ2n) is 5.04. The Bertz CT molecular complexity index is 740. The number of hydrogen-bond donors (Lipinski definition) is 0. The summed E-state index contributed by atoms with van der Waals surface area (Å²) in [6, 6.07) is 24.4. The monoisotopic (exact) mass is 340 g/mol. The van der Waals surface area contributed by atoms with Gasteiger partial charge in [0.15, 0.2) is 0 Å². The Morgan fingerprint density at radius 3 is 1.58 bits per heavy atom. The Labute approximate surface area is 146 Å². The molecule has 0 fully saturated rings. The van der Waals surface area contributed by atoms with Gasteiger partial charge in [0.25, 0.3) is 0 Å². The molecule has 0 aliphatic heterocycles. The highest BCUT2D eigenvalue weighted by Gasteiger charge is 1.99. The molecule has 0 unspecified atom stereocenters. The van der Waals surface area contributed by atoms with Crippen molar-refractivity contribution in [3.63, 3.8) is 0 Å². The van der Waals surface area contributed by atoms with E-state index in [4.69, 9.17) is 25.8 Å². The number of hydrogen-bond acceptors (Lipinski definition) is 3. The van der Waals surface area contributed by atoms with E-state index >= 15 is 0 Å². The van der Waals surface area contributed by atoms with Crippen LogP contribution in [-0.2, 0) is 0 Å². The van der Waals surface area contributed by atoms with Crippen molar-refractivity contribution in [3.05, 3.63) is 83.9 Å². The lowest BCUT2D eigenvalue weighted by molar-refractivity contribution is 0.217. The number of para-hydroxylation sites is 1. The molecule has 3 aromatic rings. The summed E-state index contributed by atoms with van der Waals surface area (Å²) in [4.78, 5) is 0. The van der Waals surface area contributed by atoms with E-state index in [0.717, 1.165) is 23.0 Å². The highest BCUT2D eigenvalue weighted by molar-refractivity contribution is 6.30. The first-order valence-corrected chi connectivity index (χ1v) is 8.01. The van der Waals surface area contributed by atoms with Gasteiger partial charge in [-0.05, 0) is 60.7 Å². The van der Waals surface area contributed by atoms with Crippen LogP contribution in [0.2, 0.25) is 5.02 Å². The minimum Gasteiger partial charge on any atom is -0.490 e. The van der Waals surface area contributed by atoms with Gasteiger partial charge in [-0.1, -0.05) is 29.8 Å². The summed E-state index contributed by atoms with van der Waals surface area (Å²) in [5, 5.41) is 0.684. The number of benzene rings is 3. The lowest BCUT2D eigenvalue weighted by Crippen LogP contribution is -2.08. The van der Waals surface area contributed by atoms with Gasteiger partial charge >= 0.3 is 0 Å². The molecule has 0 aliphatic carbocycles. The van der Waals surface area contributed by atoms with Crippen LogP contribution in [0.3, 0.4) is 0 Å². The fraction of sp³-hybridized carbons (Fsp3) is 0.100. The van der Waals surface area contributed by atoms with E-state index in [2.05, 4.69) is 0 Å². The molecule has 0 spiro atoms. The zero-order valence-corrected chi connectivity index (χ0v) is 13.8. The zero-order valence-electron chi connectivity index (χ0n) is 13.0. The Morgan fingerprint density at radius 1 is 0.542 bits per heavy atom. The highest BCUT2D eigenvalue weighted by Crippen LogP contribution is 2.25. The van der Waals surface area contributed by atoms with E-state index in [0.29, 0.717) is 18.2 Å². The van der Waals surface area contributed by atoms with E-state index in [1.54, 1.807) is 12.1 Å². The van der Waals surface area contributed by atoms with Crippen molar-refractivity contribution in [2.24, 2.45) is 0 Å². The smallest absolute Gasteiger partial charge is 0.127 e. The maximum absolute atomic E-state index is 5.85. The summed E-state index contributed by atoms with van der Waals surface area (Å²) < 4.78 is 17.0. The molecule has 0 saturated carbocycles. The van der Waals surface area contributed by atoms with E-state index in [1.165, 1.54) is 0 Å². The first-order valence-electron chi connectivity index (χ1n) is 7.64. The number of rotatable bonds is 7. The van der Waals surface area contributed by atoms with Crippen LogP contribution in [-0.4, -0.2) is 13.2 Å². The largest absolute Gasteiger partial charge is 0.490 e. The minimum absolute atomic E-state index is 0.478. The zero-order chi connectivity index (χ0) is 16.6. The minimum atomic E-state index is 0.478. The summed E-state index contributed by atoms with van der Waals surface area (Å²) >= 11 is 5.85. The fourth-order valence-electron chi connectivity index (χ4n) is 2.08. The molecule has 0 N–H and O–H groups in total. The second-order valence-corrected chi connectivity index (χ2v) is 5.47. The third-order valence-corrected chi connectivity index (χ3v) is 3.49. The average Bonchev–Trinajstić information content (AvgIpc) is 2.63. The van der Waals surface area contributed by atoms with Gasteiger partial charge in [0.1, 0.15) is 36.2 Å². The van der Waals surface area contributed by atoms with E-state index in [1.807, 2.05) is 66.7 Å². The quantitative estimate of drug-likeness (QED) is 0.525. The maximum atomic E-state index is 5.85. The van der Waals surface area contributed by atoms with Gasteiger partial charge < -0.3 is 14.2 Å². The van der Waals surface area contributed by atoms with E-state index in [9.17, 15) is 0 Å². The number of ether oxygens (including phenoxy) is 3. The summed E-state index contributed by atoms with van der Waals surface area (Å²) in [7, 11) is 0. The SMILES string of the molecule is Clc1ccc(Oc2ccc(OCCOc3ccccc3)cc2)cc1. The van der Waals surface area contributed by atoms with Gasteiger partial charge in [-0.25, -0.2) is 0 Å². The van der Waals surface area contributed by atoms with Crippen LogP contribution in [0.4, 0.5) is 0 Å². The molecule has 3 nitrogen and oxygen atoms in total. The average molecular weight is 341 g/mol. The predicted molar refractivity (Wildman–Crippen MR) is 95.4 cm³/mol. The predicted octanol–water partition coefficient (Wildman–Crippen LogP) is 5.59. The third kappa shape index (κ3) is 4.93. The Hall–Kier alpha value is -2.65. The van der Waals surface area contributed by atoms with Crippen molar-refractivity contribution in [1.29, 1.82) is 0 Å². The normalized spacial score (nSPS) is 10.2.